The van der Waals surface area contributed by atoms with Crippen molar-refractivity contribution in [3.05, 3.63) is 59.9 Å². The van der Waals surface area contributed by atoms with Crippen molar-refractivity contribution in [3.8, 4) is 0 Å². The summed E-state index contributed by atoms with van der Waals surface area (Å²) < 4.78 is 29.5. The fourth-order valence-corrected chi connectivity index (χ4v) is 5.91. The molecule has 3 aromatic rings. The van der Waals surface area contributed by atoms with Gasteiger partial charge in [-0.25, -0.2) is 13.4 Å². The van der Waals surface area contributed by atoms with Crippen LogP contribution in [-0.2, 0) is 34.3 Å². The summed E-state index contributed by atoms with van der Waals surface area (Å²) in [4.78, 5) is 20.2. The van der Waals surface area contributed by atoms with E-state index in [-0.39, 0.29) is 16.8 Å². The molecule has 35 heavy (non-hydrogen) atoms. The maximum absolute atomic E-state index is 13.3. The molecule has 1 unspecified atom stereocenters. The van der Waals surface area contributed by atoms with Gasteiger partial charge in [0.15, 0.2) is 0 Å². The molecule has 0 spiro atoms. The molecule has 7 nitrogen and oxygen atoms in total. The Bertz CT molecular complexity index is 1230. The second-order valence-corrected chi connectivity index (χ2v) is 10.7. The van der Waals surface area contributed by atoms with Crippen molar-refractivity contribution in [1.82, 2.24) is 18.8 Å². The van der Waals surface area contributed by atoms with Crippen LogP contribution >= 0.6 is 0 Å². The van der Waals surface area contributed by atoms with Gasteiger partial charge < -0.3 is 9.47 Å². The predicted molar refractivity (Wildman–Crippen MR) is 141 cm³/mol. The van der Waals surface area contributed by atoms with Crippen LogP contribution in [0.5, 0.6) is 0 Å². The van der Waals surface area contributed by atoms with Crippen molar-refractivity contribution in [2.75, 3.05) is 13.1 Å². The van der Waals surface area contributed by atoms with Crippen molar-refractivity contribution in [2.24, 2.45) is 0 Å². The molecule has 0 fully saturated rings. The van der Waals surface area contributed by atoms with E-state index < -0.39 is 10.0 Å². The first-order valence-electron chi connectivity index (χ1n) is 12.6. The Labute approximate surface area is 209 Å². The highest BCUT2D eigenvalue weighted by atomic mass is 32.2. The van der Waals surface area contributed by atoms with Crippen LogP contribution in [0.1, 0.15) is 58.8 Å². The van der Waals surface area contributed by atoms with Gasteiger partial charge in [0.1, 0.15) is 5.82 Å². The molecule has 0 aliphatic heterocycles. The molecule has 0 bridgehead atoms. The highest BCUT2D eigenvalue weighted by Crippen LogP contribution is 2.24. The van der Waals surface area contributed by atoms with Crippen molar-refractivity contribution in [3.63, 3.8) is 0 Å². The molecule has 1 amide bonds. The number of aromatic nitrogens is 2. The number of sulfonamides is 1. The van der Waals surface area contributed by atoms with Gasteiger partial charge in [0.2, 0.25) is 15.9 Å². The van der Waals surface area contributed by atoms with Crippen LogP contribution in [0.3, 0.4) is 0 Å². The second kappa shape index (κ2) is 11.8. The molecule has 8 heteroatoms. The Morgan fingerprint density at radius 3 is 2.31 bits per heavy atom. The number of hydrogen-bond donors (Lipinski definition) is 0. The molecule has 0 aliphatic rings. The number of carbonyl (C=O) groups excluding carboxylic acids is 1. The topological polar surface area (TPSA) is 75.5 Å². The van der Waals surface area contributed by atoms with Crippen LogP contribution in [0.4, 0.5) is 0 Å². The molecular weight excluding hydrogens is 460 g/mol. The van der Waals surface area contributed by atoms with E-state index in [0.717, 1.165) is 23.3 Å². The number of imidazole rings is 1. The van der Waals surface area contributed by atoms with Crippen molar-refractivity contribution < 1.29 is 13.2 Å². The quantitative estimate of drug-likeness (QED) is 0.358. The van der Waals surface area contributed by atoms with Gasteiger partial charge in [-0.1, -0.05) is 51.1 Å². The number of amides is 1. The lowest BCUT2D eigenvalue weighted by Crippen LogP contribution is -2.38. The van der Waals surface area contributed by atoms with Crippen LogP contribution in [0.2, 0.25) is 0 Å². The average Bonchev–Trinajstić information content (AvgIpc) is 3.23. The molecule has 0 N–H and O–H groups in total. The van der Waals surface area contributed by atoms with Crippen LogP contribution in [0.25, 0.3) is 11.0 Å². The number of hydrogen-bond acceptors (Lipinski definition) is 4. The van der Waals surface area contributed by atoms with Crippen molar-refractivity contribution in [2.45, 2.75) is 77.9 Å². The third kappa shape index (κ3) is 5.93. The number of rotatable bonds is 12. The van der Waals surface area contributed by atoms with E-state index in [2.05, 4.69) is 18.4 Å². The largest absolute Gasteiger partial charge is 0.336 e. The molecule has 1 atom stereocenters. The molecular formula is C27H38N4O3S. The lowest BCUT2D eigenvalue weighted by Gasteiger charge is -2.29. The molecule has 0 saturated carbocycles. The third-order valence-corrected chi connectivity index (χ3v) is 8.71. The van der Waals surface area contributed by atoms with Gasteiger partial charge >= 0.3 is 0 Å². The third-order valence-electron chi connectivity index (χ3n) is 6.66. The Balaban J connectivity index is 1.84. The van der Waals surface area contributed by atoms with Crippen LogP contribution in [-0.4, -0.2) is 52.2 Å². The maximum atomic E-state index is 13.3. The summed E-state index contributed by atoms with van der Waals surface area (Å²) in [5.74, 6) is 0.903. The average molecular weight is 499 g/mol. The van der Waals surface area contributed by atoms with Crippen LogP contribution < -0.4 is 0 Å². The summed E-state index contributed by atoms with van der Waals surface area (Å²) >= 11 is 0. The highest BCUT2D eigenvalue weighted by molar-refractivity contribution is 7.89. The Hall–Kier alpha value is -2.71. The molecule has 1 heterocycles. The summed E-state index contributed by atoms with van der Waals surface area (Å²) in [6.07, 6.45) is 1.74. The fraction of sp³-hybridized carbons (Fsp3) is 0.481. The zero-order valence-corrected chi connectivity index (χ0v) is 22.4. The minimum atomic E-state index is -3.56. The molecule has 0 saturated heterocycles. The molecule has 0 radical (unpaired) electrons. The molecule has 190 valence electrons. The van der Waals surface area contributed by atoms with Gasteiger partial charge in [-0.2, -0.15) is 4.31 Å². The van der Waals surface area contributed by atoms with E-state index >= 15 is 0 Å². The SMILES string of the molecule is CCC(C)N(Cc1ccccc1)C(=O)CCc1nc2cc(S(=O)(=O)N(CC)CC)ccc2n1CC. The van der Waals surface area contributed by atoms with Gasteiger partial charge in [0.25, 0.3) is 0 Å². The normalized spacial score (nSPS) is 12.9. The predicted octanol–water partition coefficient (Wildman–Crippen LogP) is 4.85. The van der Waals surface area contributed by atoms with Crippen molar-refractivity contribution in [1.29, 1.82) is 0 Å². The molecule has 2 aromatic carbocycles. The van der Waals surface area contributed by atoms with E-state index in [1.807, 2.05) is 62.1 Å². The minimum Gasteiger partial charge on any atom is -0.336 e. The summed E-state index contributed by atoms with van der Waals surface area (Å²) in [5, 5.41) is 0. The van der Waals surface area contributed by atoms with E-state index in [4.69, 9.17) is 4.98 Å². The molecule has 3 rings (SSSR count). The van der Waals surface area contributed by atoms with Gasteiger partial charge in [-0.3, -0.25) is 4.79 Å². The van der Waals surface area contributed by atoms with Gasteiger partial charge in [0.05, 0.1) is 15.9 Å². The Kier molecular flexibility index (Phi) is 9.08. The monoisotopic (exact) mass is 498 g/mol. The van der Waals surface area contributed by atoms with Crippen LogP contribution in [0, 0.1) is 0 Å². The van der Waals surface area contributed by atoms with Gasteiger partial charge in [-0.05, 0) is 44.0 Å². The smallest absolute Gasteiger partial charge is 0.243 e. The first-order valence-corrected chi connectivity index (χ1v) is 14.0. The number of nitrogens with zero attached hydrogens (tertiary/aromatic N) is 4. The van der Waals surface area contributed by atoms with E-state index in [9.17, 15) is 13.2 Å². The van der Waals surface area contributed by atoms with E-state index in [1.54, 1.807) is 12.1 Å². The molecule has 1 aromatic heterocycles. The van der Waals surface area contributed by atoms with Gasteiger partial charge in [-0.15, -0.1) is 0 Å². The maximum Gasteiger partial charge on any atom is 0.243 e. The number of aryl methyl sites for hydroxylation is 2. The Morgan fingerprint density at radius 2 is 1.71 bits per heavy atom. The summed E-state index contributed by atoms with van der Waals surface area (Å²) in [7, 11) is -3.56. The number of benzene rings is 2. The first-order chi connectivity index (χ1) is 16.8. The van der Waals surface area contributed by atoms with E-state index in [0.29, 0.717) is 44.5 Å². The zero-order valence-electron chi connectivity index (χ0n) is 21.6. The number of fused-ring (bicyclic) bond motifs is 1. The van der Waals surface area contributed by atoms with Crippen LogP contribution in [0.15, 0.2) is 53.4 Å². The summed E-state index contributed by atoms with van der Waals surface area (Å²) in [5.41, 5.74) is 2.64. The summed E-state index contributed by atoms with van der Waals surface area (Å²) in [6.45, 7) is 12.0. The fourth-order valence-electron chi connectivity index (χ4n) is 4.43. The standard InChI is InChI=1S/C27H38N4O3S/c1-6-21(5)31(20-22-13-11-10-12-14-22)27(32)18-17-26-28-24-19-23(15-16-25(24)30(26)9-4)35(33,34)29(7-2)8-3/h10-16,19,21H,6-9,17-18,20H2,1-5H3. The molecule has 0 aliphatic carbocycles. The van der Waals surface area contributed by atoms with Gasteiger partial charge in [0, 0.05) is 45.1 Å². The van der Waals surface area contributed by atoms with Crippen molar-refractivity contribution >= 4 is 27.0 Å². The van der Waals surface area contributed by atoms with E-state index in [1.165, 1.54) is 4.31 Å². The lowest BCUT2D eigenvalue weighted by atomic mass is 10.1. The summed E-state index contributed by atoms with van der Waals surface area (Å²) in [6, 6.07) is 15.3. The lowest BCUT2D eigenvalue weighted by molar-refractivity contribution is -0.134. The Morgan fingerprint density at radius 1 is 1.03 bits per heavy atom. The highest BCUT2D eigenvalue weighted by Gasteiger charge is 2.24. The first kappa shape index (κ1) is 26.9. The zero-order chi connectivity index (χ0) is 25.6. The minimum absolute atomic E-state index is 0.0997. The second-order valence-electron chi connectivity index (χ2n) is 8.78. The number of carbonyl (C=O) groups is 1.